The summed E-state index contributed by atoms with van der Waals surface area (Å²) in [5.74, 6) is 0.801. The molecule has 18 heavy (non-hydrogen) atoms. The van der Waals surface area contributed by atoms with Crippen molar-refractivity contribution in [1.29, 1.82) is 0 Å². The topological polar surface area (TPSA) is 54.5 Å². The maximum absolute atomic E-state index is 12.2. The Balaban J connectivity index is 2.71. The van der Waals surface area contributed by atoms with E-state index in [1.807, 2.05) is 11.8 Å². The summed E-state index contributed by atoms with van der Waals surface area (Å²) in [4.78, 5) is 13.9. The van der Waals surface area contributed by atoms with Crippen LogP contribution in [0.25, 0.3) is 0 Å². The van der Waals surface area contributed by atoms with Crippen molar-refractivity contribution in [3.05, 3.63) is 0 Å². The molecule has 4 nitrogen and oxygen atoms in total. The summed E-state index contributed by atoms with van der Waals surface area (Å²) in [6, 6.07) is 0. The molecule has 1 heterocycles. The van der Waals surface area contributed by atoms with E-state index >= 15 is 0 Å². The molecular formula is C12H23NO3S2. The maximum atomic E-state index is 12.2. The van der Waals surface area contributed by atoms with Crippen molar-refractivity contribution in [1.82, 2.24) is 4.90 Å². The molecule has 1 aliphatic heterocycles. The van der Waals surface area contributed by atoms with Crippen LogP contribution in [-0.4, -0.2) is 54.8 Å². The van der Waals surface area contributed by atoms with Crippen LogP contribution in [0.2, 0.25) is 0 Å². The lowest BCUT2D eigenvalue weighted by molar-refractivity contribution is -0.130. The third kappa shape index (κ3) is 4.46. The van der Waals surface area contributed by atoms with E-state index in [1.54, 1.807) is 4.90 Å². The van der Waals surface area contributed by atoms with Gasteiger partial charge in [-0.25, -0.2) is 8.42 Å². The van der Waals surface area contributed by atoms with Gasteiger partial charge in [-0.1, -0.05) is 13.3 Å². The number of hydrogen-bond donors (Lipinski definition) is 0. The molecule has 1 amide bonds. The van der Waals surface area contributed by atoms with Gasteiger partial charge in [0, 0.05) is 24.6 Å². The van der Waals surface area contributed by atoms with E-state index in [9.17, 15) is 13.2 Å². The zero-order chi connectivity index (χ0) is 13.8. The lowest BCUT2D eigenvalue weighted by Crippen LogP contribution is -2.43. The van der Waals surface area contributed by atoms with Crippen LogP contribution in [0.4, 0.5) is 0 Å². The highest BCUT2D eigenvalue weighted by molar-refractivity contribution is 7.99. The number of nitrogens with zero attached hydrogens (tertiary/aromatic N) is 1. The standard InChI is InChI=1S/C12H23NO3S2/c1-4-17-11-7-5-6-8-13(9-11)12(14)10(2)18(3,15)16/h10-11H,4-9H2,1-3H3/t10-,11-/m1/s1. The second kappa shape index (κ2) is 6.80. The Morgan fingerprint density at radius 1 is 1.44 bits per heavy atom. The predicted molar refractivity (Wildman–Crippen MR) is 76.7 cm³/mol. The van der Waals surface area contributed by atoms with E-state index in [2.05, 4.69) is 6.92 Å². The number of amides is 1. The lowest BCUT2D eigenvalue weighted by atomic mass is 10.2. The number of likely N-dealkylation sites (tertiary alicyclic amines) is 1. The van der Waals surface area contributed by atoms with Crippen molar-refractivity contribution in [3.63, 3.8) is 0 Å². The van der Waals surface area contributed by atoms with Gasteiger partial charge >= 0.3 is 0 Å². The molecule has 106 valence electrons. The van der Waals surface area contributed by atoms with E-state index in [-0.39, 0.29) is 5.91 Å². The van der Waals surface area contributed by atoms with Gasteiger partial charge in [0.05, 0.1) is 0 Å². The number of carbonyl (C=O) groups excluding carboxylic acids is 1. The van der Waals surface area contributed by atoms with E-state index in [4.69, 9.17) is 0 Å². The number of thioether (sulfide) groups is 1. The zero-order valence-corrected chi connectivity index (χ0v) is 13.0. The normalized spacial score (nSPS) is 23.5. The third-order valence-corrected chi connectivity index (χ3v) is 6.01. The number of carbonyl (C=O) groups is 1. The molecule has 6 heteroatoms. The van der Waals surface area contributed by atoms with Gasteiger partial charge in [0.25, 0.3) is 0 Å². The van der Waals surface area contributed by atoms with Crippen molar-refractivity contribution in [2.24, 2.45) is 0 Å². The van der Waals surface area contributed by atoms with Crippen LogP contribution in [0.1, 0.15) is 33.1 Å². The van der Waals surface area contributed by atoms with E-state index in [1.165, 1.54) is 6.92 Å². The third-order valence-electron chi connectivity index (χ3n) is 3.33. The molecule has 1 rings (SSSR count). The summed E-state index contributed by atoms with van der Waals surface area (Å²) in [7, 11) is -3.29. The quantitative estimate of drug-likeness (QED) is 0.789. The molecule has 0 bridgehead atoms. The Kier molecular flexibility index (Phi) is 5.98. The highest BCUT2D eigenvalue weighted by Crippen LogP contribution is 2.22. The fourth-order valence-electron chi connectivity index (χ4n) is 2.12. The molecule has 0 spiro atoms. The summed E-state index contributed by atoms with van der Waals surface area (Å²) >= 11 is 1.86. The molecule has 1 saturated heterocycles. The Morgan fingerprint density at radius 3 is 2.67 bits per heavy atom. The molecule has 1 aliphatic rings. The molecular weight excluding hydrogens is 270 g/mol. The highest BCUT2D eigenvalue weighted by Gasteiger charge is 2.30. The molecule has 0 aliphatic carbocycles. The lowest BCUT2D eigenvalue weighted by Gasteiger charge is -2.26. The SMILES string of the molecule is CCS[C@@H]1CCCCN(C(=O)[C@@H](C)S(C)(=O)=O)C1. The van der Waals surface area contributed by atoms with Gasteiger partial charge in [-0.05, 0) is 25.5 Å². The molecule has 0 radical (unpaired) electrons. The van der Waals surface area contributed by atoms with E-state index in [0.29, 0.717) is 18.3 Å². The molecule has 0 N–H and O–H groups in total. The van der Waals surface area contributed by atoms with Gasteiger partial charge < -0.3 is 4.90 Å². The first-order valence-corrected chi connectivity index (χ1v) is 9.45. The first kappa shape index (κ1) is 15.8. The van der Waals surface area contributed by atoms with Gasteiger partial charge in [0.2, 0.25) is 5.91 Å². The molecule has 1 fully saturated rings. The van der Waals surface area contributed by atoms with Crippen molar-refractivity contribution in [3.8, 4) is 0 Å². The predicted octanol–water partition coefficient (Wildman–Crippen LogP) is 1.55. The number of rotatable bonds is 4. The molecule has 0 unspecified atom stereocenters. The molecule has 0 saturated carbocycles. The summed E-state index contributed by atoms with van der Waals surface area (Å²) in [6.45, 7) is 4.99. The Bertz CT molecular complexity index is 381. The average molecular weight is 293 g/mol. The van der Waals surface area contributed by atoms with Crippen molar-refractivity contribution < 1.29 is 13.2 Å². The molecule has 0 aromatic carbocycles. The molecule has 0 aromatic rings. The molecule has 0 aromatic heterocycles. The number of hydrogen-bond acceptors (Lipinski definition) is 4. The maximum Gasteiger partial charge on any atom is 0.240 e. The van der Waals surface area contributed by atoms with Crippen LogP contribution < -0.4 is 0 Å². The number of sulfone groups is 1. The van der Waals surface area contributed by atoms with Gasteiger partial charge in [0.15, 0.2) is 9.84 Å². The minimum atomic E-state index is -3.29. The van der Waals surface area contributed by atoms with Crippen LogP contribution in [0.3, 0.4) is 0 Å². The van der Waals surface area contributed by atoms with Crippen molar-refractivity contribution in [2.45, 2.75) is 43.6 Å². The van der Waals surface area contributed by atoms with Gasteiger partial charge in [-0.3, -0.25) is 4.79 Å². The monoisotopic (exact) mass is 293 g/mol. The summed E-state index contributed by atoms with van der Waals surface area (Å²) in [5, 5.41) is -0.462. The highest BCUT2D eigenvalue weighted by atomic mass is 32.2. The minimum absolute atomic E-state index is 0.235. The zero-order valence-electron chi connectivity index (χ0n) is 11.4. The fraction of sp³-hybridized carbons (Fsp3) is 0.917. The Morgan fingerprint density at radius 2 is 2.11 bits per heavy atom. The van der Waals surface area contributed by atoms with Crippen LogP contribution in [0.5, 0.6) is 0 Å². The smallest absolute Gasteiger partial charge is 0.240 e. The molecule has 2 atom stereocenters. The van der Waals surface area contributed by atoms with E-state index < -0.39 is 15.1 Å². The first-order valence-electron chi connectivity index (χ1n) is 6.45. The van der Waals surface area contributed by atoms with Crippen molar-refractivity contribution >= 4 is 27.5 Å². The van der Waals surface area contributed by atoms with Gasteiger partial charge in [-0.2, -0.15) is 11.8 Å². The summed E-state index contributed by atoms with van der Waals surface area (Å²) in [5.41, 5.74) is 0. The fourth-order valence-corrected chi connectivity index (χ4v) is 3.72. The van der Waals surface area contributed by atoms with Crippen molar-refractivity contribution in [2.75, 3.05) is 25.1 Å². The Labute approximate surface area is 114 Å². The summed E-state index contributed by atoms with van der Waals surface area (Å²) in [6.07, 6.45) is 4.35. The van der Waals surface area contributed by atoms with Gasteiger partial charge in [0.1, 0.15) is 5.25 Å². The van der Waals surface area contributed by atoms with Gasteiger partial charge in [-0.15, -0.1) is 0 Å². The van der Waals surface area contributed by atoms with Crippen LogP contribution in [0, 0.1) is 0 Å². The second-order valence-electron chi connectivity index (χ2n) is 4.83. The minimum Gasteiger partial charge on any atom is -0.340 e. The summed E-state index contributed by atoms with van der Waals surface area (Å²) < 4.78 is 22.9. The Hall–Kier alpha value is -0.230. The first-order chi connectivity index (χ1) is 8.36. The van der Waals surface area contributed by atoms with E-state index in [0.717, 1.165) is 31.3 Å². The van der Waals surface area contributed by atoms with Crippen LogP contribution in [0.15, 0.2) is 0 Å². The second-order valence-corrected chi connectivity index (χ2v) is 8.77. The largest absolute Gasteiger partial charge is 0.340 e. The average Bonchev–Trinajstić information content (AvgIpc) is 2.52. The van der Waals surface area contributed by atoms with Crippen LogP contribution in [-0.2, 0) is 14.6 Å². The van der Waals surface area contributed by atoms with Crippen LogP contribution >= 0.6 is 11.8 Å².